The second-order valence-corrected chi connectivity index (χ2v) is 10.2. The first-order valence-corrected chi connectivity index (χ1v) is 12.7. The van der Waals surface area contributed by atoms with Crippen LogP contribution in [0.2, 0.25) is 0 Å². The summed E-state index contributed by atoms with van der Waals surface area (Å²) in [5.41, 5.74) is 2.96. The molecule has 0 spiro atoms. The van der Waals surface area contributed by atoms with E-state index in [2.05, 4.69) is 31.9 Å². The first-order valence-electron chi connectivity index (χ1n) is 11.3. The van der Waals surface area contributed by atoms with Gasteiger partial charge in [-0.1, -0.05) is 18.2 Å². The minimum atomic E-state index is -3.62. The van der Waals surface area contributed by atoms with E-state index < -0.39 is 10.0 Å². The Bertz CT molecular complexity index is 1370. The lowest BCUT2D eigenvalue weighted by atomic mass is 9.89. The molecule has 2 N–H and O–H groups in total. The molecule has 0 atom stereocenters. The number of fused-ring (bicyclic) bond motifs is 2. The molecule has 1 aliphatic heterocycles. The highest BCUT2D eigenvalue weighted by atomic mass is 32.2. The van der Waals surface area contributed by atoms with Crippen LogP contribution < -0.4 is 9.46 Å². The summed E-state index contributed by atoms with van der Waals surface area (Å²) in [6.07, 6.45) is 5.85. The molecular weight excluding hydrogens is 436 g/mol. The van der Waals surface area contributed by atoms with Crippen molar-refractivity contribution in [2.45, 2.75) is 23.7 Å². The number of aromatic nitrogens is 2. The molecule has 2 aromatic heterocycles. The van der Waals surface area contributed by atoms with Crippen molar-refractivity contribution < 1.29 is 13.2 Å². The van der Waals surface area contributed by atoms with E-state index >= 15 is 0 Å². The largest absolute Gasteiger partial charge is 0.497 e. The van der Waals surface area contributed by atoms with Crippen LogP contribution in [0, 0.1) is 0 Å². The number of pyridine rings is 1. The van der Waals surface area contributed by atoms with Gasteiger partial charge in [0, 0.05) is 47.8 Å². The van der Waals surface area contributed by atoms with Crippen molar-refractivity contribution in [2.24, 2.45) is 0 Å². The highest BCUT2D eigenvalue weighted by molar-refractivity contribution is 7.89. The van der Waals surface area contributed by atoms with Crippen LogP contribution >= 0.6 is 0 Å². The molecule has 1 aliphatic rings. The molecule has 33 heavy (non-hydrogen) atoms. The van der Waals surface area contributed by atoms with Crippen LogP contribution in [0.3, 0.4) is 0 Å². The Morgan fingerprint density at radius 2 is 1.97 bits per heavy atom. The minimum absolute atomic E-state index is 0.232. The summed E-state index contributed by atoms with van der Waals surface area (Å²) < 4.78 is 33.9. The van der Waals surface area contributed by atoms with Gasteiger partial charge < -0.3 is 14.6 Å². The number of sulfonamides is 1. The molecular formula is C25H28N4O3S. The number of aromatic amines is 1. The zero-order valence-corrected chi connectivity index (χ0v) is 19.4. The molecule has 3 heterocycles. The monoisotopic (exact) mass is 464 g/mol. The Morgan fingerprint density at radius 3 is 2.79 bits per heavy atom. The highest BCUT2D eigenvalue weighted by Crippen LogP contribution is 2.34. The van der Waals surface area contributed by atoms with Crippen LogP contribution in [-0.2, 0) is 10.0 Å². The lowest BCUT2D eigenvalue weighted by Crippen LogP contribution is -2.39. The van der Waals surface area contributed by atoms with Crippen LogP contribution in [0.25, 0.3) is 21.8 Å². The van der Waals surface area contributed by atoms with Gasteiger partial charge in [0.2, 0.25) is 10.0 Å². The van der Waals surface area contributed by atoms with E-state index in [0.29, 0.717) is 24.5 Å². The number of para-hydroxylation sites is 1. The number of likely N-dealkylation sites (tertiary alicyclic amines) is 1. The van der Waals surface area contributed by atoms with Gasteiger partial charge in [0.15, 0.2) is 0 Å². The van der Waals surface area contributed by atoms with E-state index in [1.165, 1.54) is 10.9 Å². The van der Waals surface area contributed by atoms with Gasteiger partial charge in [0.25, 0.3) is 0 Å². The molecule has 172 valence electrons. The van der Waals surface area contributed by atoms with Gasteiger partial charge in [-0.2, -0.15) is 0 Å². The van der Waals surface area contributed by atoms with Gasteiger partial charge in [-0.25, -0.2) is 13.1 Å². The van der Waals surface area contributed by atoms with Gasteiger partial charge in [0.05, 0.1) is 12.6 Å². The molecule has 8 heteroatoms. The summed E-state index contributed by atoms with van der Waals surface area (Å²) in [5.74, 6) is 1.36. The fraction of sp³-hybridized carbons (Fsp3) is 0.320. The SMILES string of the molecule is COc1ccc2c(C3CCN(CCNS(=O)(=O)c4cccc5cccnc45)CC3)c[nH]c2c1. The van der Waals surface area contributed by atoms with Crippen molar-refractivity contribution >= 4 is 31.8 Å². The van der Waals surface area contributed by atoms with Crippen LogP contribution in [0.1, 0.15) is 24.3 Å². The Hall–Kier alpha value is -2.94. The molecule has 1 saturated heterocycles. The van der Waals surface area contributed by atoms with E-state index in [0.717, 1.165) is 42.6 Å². The number of methoxy groups -OCH3 is 1. The smallest absolute Gasteiger partial charge is 0.242 e. The molecule has 0 amide bonds. The lowest BCUT2D eigenvalue weighted by molar-refractivity contribution is 0.216. The standard InChI is InChI=1S/C25H28N4O3S/c1-32-20-7-8-21-22(17-27-23(21)16-20)18-9-13-29(14-10-18)15-12-28-33(30,31)24-6-2-4-19-5-3-11-26-25(19)24/h2-8,11,16-18,27-28H,9-10,12-15H2,1H3. The number of hydrogen-bond donors (Lipinski definition) is 2. The van der Waals surface area contributed by atoms with Crippen molar-refractivity contribution in [3.8, 4) is 5.75 Å². The molecule has 0 aliphatic carbocycles. The highest BCUT2D eigenvalue weighted by Gasteiger charge is 2.24. The van der Waals surface area contributed by atoms with Crippen molar-refractivity contribution in [1.29, 1.82) is 0 Å². The zero-order chi connectivity index (χ0) is 22.8. The lowest BCUT2D eigenvalue weighted by Gasteiger charge is -2.32. The summed E-state index contributed by atoms with van der Waals surface area (Å²) in [5, 5.41) is 2.07. The number of rotatable bonds is 7. The van der Waals surface area contributed by atoms with Crippen LogP contribution in [0.4, 0.5) is 0 Å². The molecule has 2 aromatic carbocycles. The average Bonchev–Trinajstić information content (AvgIpc) is 3.27. The zero-order valence-electron chi connectivity index (χ0n) is 18.6. The number of nitrogens with one attached hydrogen (secondary N) is 2. The molecule has 1 fully saturated rings. The van der Waals surface area contributed by atoms with E-state index in [9.17, 15) is 8.42 Å². The predicted molar refractivity (Wildman–Crippen MR) is 130 cm³/mol. The Kier molecular flexibility index (Phi) is 6.05. The number of nitrogens with zero attached hydrogens (tertiary/aromatic N) is 2. The number of benzene rings is 2. The summed E-state index contributed by atoms with van der Waals surface area (Å²) in [4.78, 5) is 10.2. The third-order valence-corrected chi connectivity index (χ3v) is 8.05. The maximum absolute atomic E-state index is 12.9. The van der Waals surface area contributed by atoms with E-state index in [4.69, 9.17) is 4.74 Å². The average molecular weight is 465 g/mol. The Balaban J connectivity index is 1.18. The second kappa shape index (κ2) is 9.13. The summed E-state index contributed by atoms with van der Waals surface area (Å²) in [7, 11) is -1.94. The summed E-state index contributed by atoms with van der Waals surface area (Å²) in [6, 6.07) is 15.1. The second-order valence-electron chi connectivity index (χ2n) is 8.50. The van der Waals surface area contributed by atoms with Gasteiger partial charge in [-0.3, -0.25) is 4.98 Å². The van der Waals surface area contributed by atoms with Gasteiger partial charge in [-0.15, -0.1) is 0 Å². The third kappa shape index (κ3) is 4.46. The topological polar surface area (TPSA) is 87.3 Å². The number of ether oxygens (including phenoxy) is 1. The Morgan fingerprint density at radius 1 is 1.15 bits per heavy atom. The normalized spacial score (nSPS) is 15.9. The van der Waals surface area contributed by atoms with Crippen LogP contribution in [-0.4, -0.2) is 56.6 Å². The first-order chi connectivity index (χ1) is 16.0. The number of hydrogen-bond acceptors (Lipinski definition) is 5. The minimum Gasteiger partial charge on any atom is -0.497 e. The molecule has 0 radical (unpaired) electrons. The van der Waals surface area contributed by atoms with Gasteiger partial charge in [-0.05, 0) is 61.7 Å². The summed E-state index contributed by atoms with van der Waals surface area (Å²) in [6.45, 7) is 2.97. The fourth-order valence-corrected chi connectivity index (χ4v) is 5.97. The van der Waals surface area contributed by atoms with Crippen molar-refractivity contribution in [3.05, 3.63) is 66.5 Å². The van der Waals surface area contributed by atoms with E-state index in [-0.39, 0.29) is 4.90 Å². The third-order valence-electron chi connectivity index (χ3n) is 6.55. The maximum atomic E-state index is 12.9. The first kappa shape index (κ1) is 21.9. The molecule has 4 aromatic rings. The maximum Gasteiger partial charge on any atom is 0.242 e. The van der Waals surface area contributed by atoms with E-state index in [1.54, 1.807) is 25.4 Å². The van der Waals surface area contributed by atoms with Crippen LogP contribution in [0.5, 0.6) is 5.75 Å². The van der Waals surface area contributed by atoms with Crippen molar-refractivity contribution in [2.75, 3.05) is 33.3 Å². The molecule has 0 bridgehead atoms. The molecule has 7 nitrogen and oxygen atoms in total. The summed E-state index contributed by atoms with van der Waals surface area (Å²) >= 11 is 0. The van der Waals surface area contributed by atoms with Gasteiger partial charge >= 0.3 is 0 Å². The molecule has 5 rings (SSSR count). The Labute approximate surface area is 193 Å². The van der Waals surface area contributed by atoms with E-state index in [1.807, 2.05) is 30.3 Å². The predicted octanol–water partition coefficient (Wildman–Crippen LogP) is 3.88. The fourth-order valence-electron chi connectivity index (χ4n) is 4.77. The van der Waals surface area contributed by atoms with Crippen molar-refractivity contribution in [1.82, 2.24) is 19.6 Å². The molecule has 0 saturated carbocycles. The number of piperidine rings is 1. The number of H-pyrrole nitrogens is 1. The van der Waals surface area contributed by atoms with Gasteiger partial charge in [0.1, 0.15) is 10.6 Å². The van der Waals surface area contributed by atoms with Crippen molar-refractivity contribution in [3.63, 3.8) is 0 Å². The molecule has 0 unspecified atom stereocenters. The van der Waals surface area contributed by atoms with Crippen LogP contribution in [0.15, 0.2) is 65.8 Å². The quantitative estimate of drug-likeness (QED) is 0.433.